The minimum atomic E-state index is -0.454. The second-order valence-corrected chi connectivity index (χ2v) is 15.3. The quantitative estimate of drug-likeness (QED) is 0.0367. The van der Waals surface area contributed by atoms with E-state index in [-0.39, 0.29) is 7.43 Å². The highest BCUT2D eigenvalue weighted by molar-refractivity contribution is 4.93. The molecular weight excluding hydrogens is 653 g/mol. The Morgan fingerprint density at radius 1 is 0.396 bits per heavy atom. The van der Waals surface area contributed by atoms with Crippen LogP contribution in [0, 0.1) is 0 Å². The van der Waals surface area contributed by atoms with E-state index < -0.39 is 12.2 Å². The lowest BCUT2D eigenvalue weighted by Gasteiger charge is -2.27. The van der Waals surface area contributed by atoms with Crippen molar-refractivity contribution in [3.8, 4) is 0 Å². The zero-order valence-corrected chi connectivity index (χ0v) is 34.8. The van der Waals surface area contributed by atoms with Crippen LogP contribution >= 0.6 is 0 Å². The summed E-state index contributed by atoms with van der Waals surface area (Å²) in [5.74, 6) is 0. The van der Waals surface area contributed by atoms with Gasteiger partial charge >= 0.3 is 0 Å². The number of rotatable bonds is 41. The van der Waals surface area contributed by atoms with E-state index >= 15 is 0 Å². The predicted molar refractivity (Wildman–Crippen MR) is 238 cm³/mol. The summed E-state index contributed by atoms with van der Waals surface area (Å²) in [5, 5.41) is 20.5. The molecule has 0 saturated heterocycles. The normalized spacial score (nSPS) is 13.5. The van der Waals surface area contributed by atoms with Gasteiger partial charge in [0.25, 0.3) is 0 Å². The summed E-state index contributed by atoms with van der Waals surface area (Å²) in [6.07, 6.45) is 50.2. The summed E-state index contributed by atoms with van der Waals surface area (Å²) < 4.78 is 0. The number of nitrogens with two attached hydrogens (primary N) is 2. The standard InChI is InChI=1S/C46H90N4O2.CH4/c1-3-5-7-9-11-13-15-17-19-21-23-25-27-29-31-33-37-49(43-45(51)41-47)39-35-36-40-50(44-46(52)42-48)38-34-32-30-28-26-24-22-20-18-16-14-12-10-8-6-4-2;/h11-14,17-20,45-46,51-52H,3-10,15-16,21-44,47-48H2,1-2H3;1H4/b13-11-,14-12-,19-17+,20-18+;. The first kappa shape index (κ1) is 53.8. The molecule has 0 aromatic heterocycles. The van der Waals surface area contributed by atoms with Crippen molar-refractivity contribution in [2.75, 3.05) is 52.4 Å². The minimum Gasteiger partial charge on any atom is -0.390 e. The lowest BCUT2D eigenvalue weighted by atomic mass is 10.1. The van der Waals surface area contributed by atoms with Gasteiger partial charge in [0.2, 0.25) is 0 Å². The van der Waals surface area contributed by atoms with Gasteiger partial charge in [-0.2, -0.15) is 0 Å². The predicted octanol–water partition coefficient (Wildman–Crippen LogP) is 11.3. The zero-order valence-electron chi connectivity index (χ0n) is 34.8. The lowest BCUT2D eigenvalue weighted by Crippen LogP contribution is -2.39. The minimum absolute atomic E-state index is 0. The molecule has 0 aliphatic heterocycles. The molecule has 0 spiro atoms. The highest BCUT2D eigenvalue weighted by atomic mass is 16.3. The molecule has 0 amide bonds. The first-order valence-electron chi connectivity index (χ1n) is 22.4. The molecule has 6 heteroatoms. The molecule has 0 aliphatic rings. The Morgan fingerprint density at radius 3 is 0.962 bits per heavy atom. The summed E-state index contributed by atoms with van der Waals surface area (Å²) in [4.78, 5) is 4.84. The Hall–Kier alpha value is -1.28. The Bertz CT molecular complexity index is 748. The van der Waals surface area contributed by atoms with Gasteiger partial charge in [-0.1, -0.05) is 147 Å². The second-order valence-electron chi connectivity index (χ2n) is 15.3. The van der Waals surface area contributed by atoms with Crippen LogP contribution in [0.4, 0.5) is 0 Å². The molecule has 0 saturated carbocycles. The third-order valence-electron chi connectivity index (χ3n) is 10.0. The van der Waals surface area contributed by atoms with E-state index in [4.69, 9.17) is 11.5 Å². The van der Waals surface area contributed by atoms with E-state index in [2.05, 4.69) is 72.3 Å². The van der Waals surface area contributed by atoms with Crippen molar-refractivity contribution in [1.29, 1.82) is 0 Å². The fourth-order valence-electron chi connectivity index (χ4n) is 6.65. The molecule has 0 heterocycles. The summed E-state index contributed by atoms with van der Waals surface area (Å²) in [6, 6.07) is 0. The lowest BCUT2D eigenvalue weighted by molar-refractivity contribution is 0.107. The first-order valence-corrected chi connectivity index (χ1v) is 22.4. The van der Waals surface area contributed by atoms with Crippen molar-refractivity contribution in [2.24, 2.45) is 11.5 Å². The van der Waals surface area contributed by atoms with Crippen LogP contribution < -0.4 is 11.5 Å². The molecule has 0 rings (SSSR count). The van der Waals surface area contributed by atoms with Crippen LogP contribution in [-0.2, 0) is 0 Å². The molecule has 53 heavy (non-hydrogen) atoms. The molecule has 6 nitrogen and oxygen atoms in total. The fraction of sp³-hybridized carbons (Fsp3) is 0.830. The Morgan fingerprint density at radius 2 is 0.660 bits per heavy atom. The topological polar surface area (TPSA) is 99.0 Å². The van der Waals surface area contributed by atoms with E-state index in [1.807, 2.05) is 0 Å². The SMILES string of the molecule is C.CCCCC/C=C\C/C=C/CCCCCCCCN(CCCCN(CCCCCCCC/C=C/C/C=C\CCCCC)CC(O)CN)CC(O)CN. The zero-order chi connectivity index (χ0) is 38.0. The van der Waals surface area contributed by atoms with Gasteiger partial charge in [-0.3, -0.25) is 0 Å². The monoisotopic (exact) mass is 747 g/mol. The summed E-state index contributed by atoms with van der Waals surface area (Å²) in [7, 11) is 0. The number of hydrogen-bond acceptors (Lipinski definition) is 6. The highest BCUT2D eigenvalue weighted by Gasteiger charge is 2.13. The molecule has 2 atom stereocenters. The van der Waals surface area contributed by atoms with Gasteiger partial charge in [0.15, 0.2) is 0 Å². The molecular formula is C47H94N4O2. The third kappa shape index (κ3) is 41.7. The average Bonchev–Trinajstić information content (AvgIpc) is 3.15. The van der Waals surface area contributed by atoms with E-state index in [0.717, 1.165) is 51.9 Å². The van der Waals surface area contributed by atoms with E-state index in [9.17, 15) is 10.2 Å². The number of aliphatic hydroxyl groups excluding tert-OH is 2. The molecule has 0 aromatic carbocycles. The summed E-state index contributed by atoms with van der Waals surface area (Å²) in [5.41, 5.74) is 11.5. The maximum atomic E-state index is 10.3. The maximum absolute atomic E-state index is 10.3. The first-order chi connectivity index (χ1) is 25.6. The van der Waals surface area contributed by atoms with Crippen LogP contribution in [0.15, 0.2) is 48.6 Å². The molecule has 2 unspecified atom stereocenters. The number of hydrogen-bond donors (Lipinski definition) is 4. The molecule has 0 aromatic rings. The van der Waals surface area contributed by atoms with Crippen molar-refractivity contribution in [3.63, 3.8) is 0 Å². The Balaban J connectivity index is 0. The smallest absolute Gasteiger partial charge is 0.0789 e. The van der Waals surface area contributed by atoms with Gasteiger partial charge in [0.05, 0.1) is 12.2 Å². The third-order valence-corrected chi connectivity index (χ3v) is 10.0. The highest BCUT2D eigenvalue weighted by Crippen LogP contribution is 2.12. The van der Waals surface area contributed by atoms with Crippen molar-refractivity contribution in [2.45, 2.75) is 200 Å². The van der Waals surface area contributed by atoms with Crippen molar-refractivity contribution >= 4 is 0 Å². The molecule has 6 N–H and O–H groups in total. The second kappa shape index (κ2) is 45.1. The summed E-state index contributed by atoms with van der Waals surface area (Å²) >= 11 is 0. The van der Waals surface area contributed by atoms with Gasteiger partial charge in [0.1, 0.15) is 0 Å². The maximum Gasteiger partial charge on any atom is 0.0789 e. The van der Waals surface area contributed by atoms with Crippen LogP contribution in [-0.4, -0.2) is 84.6 Å². The summed E-state index contributed by atoms with van der Waals surface area (Å²) in [6.45, 7) is 10.5. The van der Waals surface area contributed by atoms with Crippen molar-refractivity contribution in [3.05, 3.63) is 48.6 Å². The van der Waals surface area contributed by atoms with Gasteiger partial charge in [-0.25, -0.2) is 0 Å². The van der Waals surface area contributed by atoms with Crippen LogP contribution in [0.3, 0.4) is 0 Å². The molecule has 314 valence electrons. The van der Waals surface area contributed by atoms with Crippen LogP contribution in [0.5, 0.6) is 0 Å². The molecule has 0 fully saturated rings. The largest absolute Gasteiger partial charge is 0.390 e. The van der Waals surface area contributed by atoms with Crippen LogP contribution in [0.1, 0.15) is 188 Å². The number of nitrogens with zero attached hydrogens (tertiary/aromatic N) is 2. The number of aliphatic hydroxyl groups is 2. The number of allylic oxidation sites excluding steroid dienone is 8. The van der Waals surface area contributed by atoms with Gasteiger partial charge in [0, 0.05) is 26.2 Å². The Kier molecular flexibility index (Phi) is 45.8. The van der Waals surface area contributed by atoms with Crippen molar-refractivity contribution in [1.82, 2.24) is 9.80 Å². The molecule has 0 bridgehead atoms. The van der Waals surface area contributed by atoms with Gasteiger partial charge < -0.3 is 31.5 Å². The van der Waals surface area contributed by atoms with Gasteiger partial charge in [-0.15, -0.1) is 0 Å². The Labute approximate surface area is 332 Å². The fourth-order valence-corrected chi connectivity index (χ4v) is 6.65. The van der Waals surface area contributed by atoms with Crippen LogP contribution in [0.2, 0.25) is 0 Å². The molecule has 0 aliphatic carbocycles. The van der Waals surface area contributed by atoms with E-state index in [1.165, 1.54) is 141 Å². The van der Waals surface area contributed by atoms with Crippen molar-refractivity contribution < 1.29 is 10.2 Å². The number of unbranched alkanes of at least 4 members (excludes halogenated alkanes) is 19. The average molecular weight is 747 g/mol. The van der Waals surface area contributed by atoms with Gasteiger partial charge in [-0.05, 0) is 116 Å². The van der Waals surface area contributed by atoms with E-state index in [0.29, 0.717) is 26.2 Å². The molecule has 0 radical (unpaired) electrons. The van der Waals surface area contributed by atoms with E-state index in [1.54, 1.807) is 0 Å². The van der Waals surface area contributed by atoms with Crippen LogP contribution in [0.25, 0.3) is 0 Å².